The Morgan fingerprint density at radius 1 is 0.946 bits per heavy atom. The van der Waals surface area contributed by atoms with Crippen molar-refractivity contribution in [3.8, 4) is 0 Å². The summed E-state index contributed by atoms with van der Waals surface area (Å²) in [6.45, 7) is 5.30. The molecule has 0 saturated heterocycles. The van der Waals surface area contributed by atoms with Gasteiger partial charge < -0.3 is 4.90 Å². The molecule has 2 heterocycles. The van der Waals surface area contributed by atoms with Crippen LogP contribution in [0.2, 0.25) is 0 Å². The number of benzene rings is 3. The molecular weight excluding hydrogens is 484 g/mol. The van der Waals surface area contributed by atoms with Crippen molar-refractivity contribution in [1.82, 2.24) is 14.7 Å². The lowest BCUT2D eigenvalue weighted by Gasteiger charge is -2.29. The van der Waals surface area contributed by atoms with Gasteiger partial charge in [-0.2, -0.15) is 0 Å². The number of aromatic nitrogens is 2. The second-order valence-electron chi connectivity index (χ2n) is 9.38. The monoisotopic (exact) mass is 512 g/mol. The largest absolute Gasteiger partial charge is 0.336 e. The second-order valence-corrected chi connectivity index (χ2v) is 11.1. The number of rotatable bonds is 6. The topological polar surface area (TPSA) is 92.3 Å². The number of amides is 1. The minimum atomic E-state index is -4.05. The highest BCUT2D eigenvalue weighted by molar-refractivity contribution is 7.90. The molecule has 7 nitrogen and oxygen atoms in total. The van der Waals surface area contributed by atoms with Crippen LogP contribution in [0.1, 0.15) is 43.9 Å². The van der Waals surface area contributed by atoms with Crippen molar-refractivity contribution in [2.45, 2.75) is 38.1 Å². The summed E-state index contributed by atoms with van der Waals surface area (Å²) in [5, 5.41) is 0. The van der Waals surface area contributed by atoms with Gasteiger partial charge in [-0.05, 0) is 49.1 Å². The molecular formula is C29H28N4O3S. The van der Waals surface area contributed by atoms with Gasteiger partial charge in [0.1, 0.15) is 0 Å². The molecule has 0 unspecified atom stereocenters. The third-order valence-electron chi connectivity index (χ3n) is 6.53. The van der Waals surface area contributed by atoms with Crippen LogP contribution in [-0.2, 0) is 29.4 Å². The molecule has 0 atom stereocenters. The average molecular weight is 513 g/mol. The maximum absolute atomic E-state index is 13.2. The first-order valence-corrected chi connectivity index (χ1v) is 13.6. The lowest BCUT2D eigenvalue weighted by atomic mass is 10.0. The minimum Gasteiger partial charge on any atom is -0.336 e. The maximum Gasteiger partial charge on any atom is 0.268 e. The van der Waals surface area contributed by atoms with E-state index < -0.39 is 15.9 Å². The van der Waals surface area contributed by atoms with E-state index in [0.29, 0.717) is 24.6 Å². The fourth-order valence-corrected chi connectivity index (χ4v) is 5.48. The zero-order valence-electron chi connectivity index (χ0n) is 20.8. The zero-order valence-corrected chi connectivity index (χ0v) is 21.6. The van der Waals surface area contributed by atoms with Gasteiger partial charge in [-0.3, -0.25) is 4.79 Å². The molecule has 1 aromatic heterocycles. The number of nitrogens with one attached hydrogen (secondary N) is 1. The van der Waals surface area contributed by atoms with Crippen LogP contribution in [0.15, 0.2) is 83.9 Å². The summed E-state index contributed by atoms with van der Waals surface area (Å²) in [6, 6.07) is 22.6. The van der Waals surface area contributed by atoms with E-state index in [1.807, 2.05) is 50.2 Å². The van der Waals surface area contributed by atoms with Gasteiger partial charge in [0, 0.05) is 25.7 Å². The van der Waals surface area contributed by atoms with Crippen LogP contribution in [0.4, 0.5) is 5.95 Å². The normalized spacial score (nSPS) is 13.2. The van der Waals surface area contributed by atoms with Crippen LogP contribution in [-0.4, -0.2) is 30.8 Å². The quantitative estimate of drug-likeness (QED) is 0.413. The van der Waals surface area contributed by atoms with E-state index in [1.54, 1.807) is 12.1 Å². The van der Waals surface area contributed by atoms with Gasteiger partial charge in [0.25, 0.3) is 15.9 Å². The summed E-state index contributed by atoms with van der Waals surface area (Å²) < 4.78 is 28.0. The van der Waals surface area contributed by atoms with Crippen molar-refractivity contribution < 1.29 is 13.2 Å². The predicted octanol–water partition coefficient (Wildman–Crippen LogP) is 4.37. The number of nitrogens with zero attached hydrogens (tertiary/aromatic N) is 3. The molecule has 37 heavy (non-hydrogen) atoms. The summed E-state index contributed by atoms with van der Waals surface area (Å²) in [4.78, 5) is 24.6. The van der Waals surface area contributed by atoms with Crippen molar-refractivity contribution in [3.05, 3.63) is 118 Å². The molecule has 4 aromatic rings. The first kappa shape index (κ1) is 24.6. The van der Waals surface area contributed by atoms with E-state index in [4.69, 9.17) is 4.98 Å². The van der Waals surface area contributed by atoms with Crippen LogP contribution in [0.5, 0.6) is 0 Å². The molecule has 0 fully saturated rings. The smallest absolute Gasteiger partial charge is 0.268 e. The van der Waals surface area contributed by atoms with Crippen LogP contribution in [0.3, 0.4) is 0 Å². The molecule has 5 rings (SSSR count). The molecule has 0 bridgehead atoms. The number of aryl methyl sites for hydroxylation is 2. The van der Waals surface area contributed by atoms with Crippen molar-refractivity contribution in [1.29, 1.82) is 0 Å². The van der Waals surface area contributed by atoms with Gasteiger partial charge >= 0.3 is 0 Å². The van der Waals surface area contributed by atoms with E-state index >= 15 is 0 Å². The maximum atomic E-state index is 13.2. The zero-order chi connectivity index (χ0) is 26.0. The molecule has 1 amide bonds. The van der Waals surface area contributed by atoms with Gasteiger partial charge in [0.2, 0.25) is 5.95 Å². The number of hydrogen-bond donors (Lipinski definition) is 1. The number of fused-ring (bicyclic) bond motifs is 1. The molecule has 1 N–H and O–H groups in total. The SMILES string of the molecule is Cc1ccc(S(=O)(=O)NC(=O)c2cnc(N3CCc4ccccc4C3)nc2Cc2cccc(C)c2)cc1. The Labute approximate surface area is 217 Å². The molecule has 3 aromatic carbocycles. The van der Waals surface area contributed by atoms with Gasteiger partial charge in [-0.15, -0.1) is 0 Å². The fraction of sp³-hybridized carbons (Fsp3) is 0.207. The predicted molar refractivity (Wildman–Crippen MR) is 143 cm³/mol. The van der Waals surface area contributed by atoms with Gasteiger partial charge in [0.15, 0.2) is 0 Å². The van der Waals surface area contributed by atoms with E-state index in [9.17, 15) is 13.2 Å². The van der Waals surface area contributed by atoms with E-state index in [2.05, 4.69) is 26.7 Å². The highest BCUT2D eigenvalue weighted by Gasteiger charge is 2.24. The Kier molecular flexibility index (Phi) is 6.76. The molecule has 0 saturated carbocycles. The lowest BCUT2D eigenvalue weighted by molar-refractivity contribution is 0.0980. The fourth-order valence-electron chi connectivity index (χ4n) is 4.52. The molecule has 188 valence electrons. The van der Waals surface area contributed by atoms with E-state index in [1.165, 1.54) is 29.5 Å². The number of hydrogen-bond acceptors (Lipinski definition) is 6. The first-order valence-electron chi connectivity index (χ1n) is 12.2. The molecule has 0 spiro atoms. The number of carbonyl (C=O) groups excluding carboxylic acids is 1. The van der Waals surface area contributed by atoms with Crippen LogP contribution < -0.4 is 9.62 Å². The first-order chi connectivity index (χ1) is 17.8. The lowest BCUT2D eigenvalue weighted by Crippen LogP contribution is -2.34. The summed E-state index contributed by atoms with van der Waals surface area (Å²) in [5.41, 5.74) is 6.15. The van der Waals surface area contributed by atoms with Crippen LogP contribution in [0, 0.1) is 13.8 Å². The van der Waals surface area contributed by atoms with Crippen LogP contribution >= 0.6 is 0 Å². The molecule has 0 aliphatic carbocycles. The van der Waals surface area contributed by atoms with Gasteiger partial charge in [-0.25, -0.2) is 23.1 Å². The van der Waals surface area contributed by atoms with Crippen LogP contribution in [0.25, 0.3) is 0 Å². The summed E-state index contributed by atoms with van der Waals surface area (Å²) >= 11 is 0. The van der Waals surface area contributed by atoms with Gasteiger partial charge in [0.05, 0.1) is 16.2 Å². The molecule has 1 aliphatic heterocycles. The number of sulfonamides is 1. The molecule has 0 radical (unpaired) electrons. The van der Waals surface area contributed by atoms with E-state index in [-0.39, 0.29) is 10.5 Å². The van der Waals surface area contributed by atoms with Crippen molar-refractivity contribution in [2.24, 2.45) is 0 Å². The highest BCUT2D eigenvalue weighted by atomic mass is 32.2. The number of anilines is 1. The van der Waals surface area contributed by atoms with E-state index in [0.717, 1.165) is 29.7 Å². The average Bonchev–Trinajstić information content (AvgIpc) is 2.88. The summed E-state index contributed by atoms with van der Waals surface area (Å²) in [6.07, 6.45) is 2.69. The standard InChI is InChI=1S/C29H28N4O3S/c1-20-10-12-25(13-11-20)37(35,36)32-28(34)26-18-30-29(31-27(26)17-22-7-5-6-21(2)16-22)33-15-14-23-8-3-4-9-24(23)19-33/h3-13,16,18H,14-15,17,19H2,1-2H3,(H,32,34). The molecule has 8 heteroatoms. The van der Waals surface area contributed by atoms with Crippen molar-refractivity contribution in [3.63, 3.8) is 0 Å². The third kappa shape index (κ3) is 5.54. The summed E-state index contributed by atoms with van der Waals surface area (Å²) in [5.74, 6) is -0.228. The Bertz CT molecular complexity index is 1570. The van der Waals surface area contributed by atoms with Crippen molar-refractivity contribution >= 4 is 21.9 Å². The Hall–Kier alpha value is -4.04. The van der Waals surface area contributed by atoms with Gasteiger partial charge in [-0.1, -0.05) is 71.8 Å². The summed E-state index contributed by atoms with van der Waals surface area (Å²) in [7, 11) is -4.05. The second kappa shape index (κ2) is 10.1. The Balaban J connectivity index is 1.47. The van der Waals surface area contributed by atoms with Crippen molar-refractivity contribution in [2.75, 3.05) is 11.4 Å². The Morgan fingerprint density at radius 3 is 2.46 bits per heavy atom. The third-order valence-corrected chi connectivity index (χ3v) is 7.87. The molecule has 1 aliphatic rings. The highest BCUT2D eigenvalue weighted by Crippen LogP contribution is 2.24. The minimum absolute atomic E-state index is 0.0243. The number of carbonyl (C=O) groups is 1. The Morgan fingerprint density at radius 2 is 1.70 bits per heavy atom.